The third kappa shape index (κ3) is 3.53. The Bertz CT molecular complexity index is 1170. The number of fused-ring (bicyclic) bond motifs is 1. The van der Waals surface area contributed by atoms with E-state index in [1.807, 2.05) is 45.0 Å². The molecule has 1 unspecified atom stereocenters. The first kappa shape index (κ1) is 22.2. The number of piperidine rings is 1. The van der Waals surface area contributed by atoms with Crippen molar-refractivity contribution >= 4 is 17.4 Å². The number of aliphatic carboxylic acids is 1. The first-order chi connectivity index (χ1) is 15.2. The Morgan fingerprint density at radius 3 is 2.53 bits per heavy atom. The molecular formula is C25H31FN4O2. The van der Waals surface area contributed by atoms with Gasteiger partial charge >= 0.3 is 5.97 Å². The van der Waals surface area contributed by atoms with E-state index in [0.717, 1.165) is 29.1 Å². The first-order valence-corrected chi connectivity index (χ1v) is 11.3. The molecule has 3 heterocycles. The molecule has 32 heavy (non-hydrogen) atoms. The minimum Gasteiger partial charge on any atom is -0.481 e. The van der Waals surface area contributed by atoms with Crippen LogP contribution in [-0.2, 0) is 4.79 Å². The summed E-state index contributed by atoms with van der Waals surface area (Å²) in [7, 11) is 0. The summed E-state index contributed by atoms with van der Waals surface area (Å²) in [5, 5.41) is 14.7. The van der Waals surface area contributed by atoms with Gasteiger partial charge in [0.05, 0.1) is 5.41 Å². The molecule has 1 aromatic carbocycles. The Morgan fingerprint density at radius 1 is 1.25 bits per heavy atom. The molecule has 6 nitrogen and oxygen atoms in total. The second-order valence-electron chi connectivity index (χ2n) is 9.32. The highest BCUT2D eigenvalue weighted by Gasteiger charge is 2.42. The molecule has 0 spiro atoms. The van der Waals surface area contributed by atoms with Crippen LogP contribution in [0.1, 0.15) is 62.8 Å². The molecule has 0 saturated carbocycles. The minimum absolute atomic E-state index is 0.125. The Morgan fingerprint density at radius 2 is 1.94 bits per heavy atom. The van der Waals surface area contributed by atoms with E-state index in [1.54, 1.807) is 4.52 Å². The Balaban J connectivity index is 1.95. The van der Waals surface area contributed by atoms with Gasteiger partial charge in [-0.25, -0.2) is 9.37 Å². The van der Waals surface area contributed by atoms with Gasteiger partial charge in [-0.3, -0.25) is 4.79 Å². The summed E-state index contributed by atoms with van der Waals surface area (Å²) in [5.74, 6) is -0.339. The van der Waals surface area contributed by atoms with Crippen LogP contribution >= 0.6 is 0 Å². The molecule has 3 aromatic rings. The van der Waals surface area contributed by atoms with Crippen molar-refractivity contribution in [1.29, 1.82) is 0 Å². The summed E-state index contributed by atoms with van der Waals surface area (Å²) in [6.45, 7) is 11.0. The average Bonchev–Trinajstić information content (AvgIpc) is 3.09. The van der Waals surface area contributed by atoms with Crippen LogP contribution in [0.5, 0.6) is 0 Å². The van der Waals surface area contributed by atoms with E-state index in [0.29, 0.717) is 31.5 Å². The molecule has 0 bridgehead atoms. The van der Waals surface area contributed by atoms with E-state index in [-0.39, 0.29) is 17.3 Å². The fraction of sp³-hybridized carbons (Fsp3) is 0.480. The van der Waals surface area contributed by atoms with Crippen LogP contribution in [-0.4, -0.2) is 38.8 Å². The summed E-state index contributed by atoms with van der Waals surface area (Å²) >= 11 is 0. The predicted molar refractivity (Wildman–Crippen MR) is 124 cm³/mol. The minimum atomic E-state index is -0.818. The number of rotatable bonds is 5. The SMILES string of the molecule is CCC1(C(=O)O)CCCN(c2c(C(C)C)c(C)nc3c(F)c(-c4ccc(C)cc4)nn23)C1. The number of carboxylic acid groups (broad SMARTS) is 1. The van der Waals surface area contributed by atoms with Crippen molar-refractivity contribution in [1.82, 2.24) is 14.6 Å². The van der Waals surface area contributed by atoms with E-state index < -0.39 is 17.2 Å². The molecule has 170 valence electrons. The molecule has 2 aromatic heterocycles. The van der Waals surface area contributed by atoms with Crippen LogP contribution in [0.25, 0.3) is 16.9 Å². The molecule has 1 aliphatic rings. The van der Waals surface area contributed by atoms with Crippen LogP contribution in [0, 0.1) is 25.1 Å². The monoisotopic (exact) mass is 438 g/mol. The van der Waals surface area contributed by atoms with Gasteiger partial charge in [-0.2, -0.15) is 9.61 Å². The zero-order chi connectivity index (χ0) is 23.2. The van der Waals surface area contributed by atoms with Crippen LogP contribution in [0.4, 0.5) is 10.2 Å². The molecule has 0 amide bonds. The third-order valence-corrected chi connectivity index (χ3v) is 6.82. The summed E-state index contributed by atoms with van der Waals surface area (Å²) in [6.07, 6.45) is 1.95. The van der Waals surface area contributed by atoms with Gasteiger partial charge in [0.1, 0.15) is 11.5 Å². The highest BCUT2D eigenvalue weighted by molar-refractivity contribution is 5.76. The number of hydrogen-bond donors (Lipinski definition) is 1. The number of anilines is 1. The number of nitrogens with zero attached hydrogens (tertiary/aromatic N) is 4. The second kappa shape index (κ2) is 8.19. The van der Waals surface area contributed by atoms with Crippen LogP contribution in [0.3, 0.4) is 0 Å². The number of hydrogen-bond acceptors (Lipinski definition) is 4. The van der Waals surface area contributed by atoms with Crippen molar-refractivity contribution in [2.45, 2.75) is 59.8 Å². The van der Waals surface area contributed by atoms with Gasteiger partial charge < -0.3 is 10.0 Å². The normalized spacial score (nSPS) is 19.2. The maximum absolute atomic E-state index is 15.6. The fourth-order valence-electron chi connectivity index (χ4n) is 4.93. The number of carbonyl (C=O) groups is 1. The fourth-order valence-corrected chi connectivity index (χ4v) is 4.93. The maximum Gasteiger partial charge on any atom is 0.311 e. The van der Waals surface area contributed by atoms with E-state index in [9.17, 15) is 9.90 Å². The maximum atomic E-state index is 15.6. The van der Waals surface area contributed by atoms with Gasteiger partial charge in [0.25, 0.3) is 0 Å². The van der Waals surface area contributed by atoms with E-state index in [4.69, 9.17) is 0 Å². The molecule has 1 aliphatic heterocycles. The highest BCUT2D eigenvalue weighted by Crippen LogP contribution is 2.40. The van der Waals surface area contributed by atoms with Crippen molar-refractivity contribution in [3.63, 3.8) is 0 Å². The lowest BCUT2D eigenvalue weighted by Crippen LogP contribution is -2.48. The Hall–Kier alpha value is -2.96. The summed E-state index contributed by atoms with van der Waals surface area (Å²) in [5.41, 5.74) is 3.14. The molecule has 1 saturated heterocycles. The Kier molecular flexibility index (Phi) is 5.69. The largest absolute Gasteiger partial charge is 0.481 e. The molecule has 4 rings (SSSR count). The van der Waals surface area contributed by atoms with Crippen LogP contribution in [0.2, 0.25) is 0 Å². The summed E-state index contributed by atoms with van der Waals surface area (Å²) < 4.78 is 17.2. The van der Waals surface area contributed by atoms with Crippen molar-refractivity contribution in [2.24, 2.45) is 5.41 Å². The lowest BCUT2D eigenvalue weighted by atomic mass is 9.77. The second-order valence-corrected chi connectivity index (χ2v) is 9.32. The van der Waals surface area contributed by atoms with Crippen molar-refractivity contribution in [2.75, 3.05) is 18.0 Å². The van der Waals surface area contributed by atoms with Crippen molar-refractivity contribution < 1.29 is 14.3 Å². The summed E-state index contributed by atoms with van der Waals surface area (Å²) in [6, 6.07) is 7.60. The number of halogens is 1. The van der Waals surface area contributed by atoms with E-state index in [1.165, 1.54) is 0 Å². The average molecular weight is 439 g/mol. The standard InChI is InChI=1S/C25H31FN4O2/c1-6-25(24(31)32)12-7-13-29(14-25)23-19(15(2)3)17(5)27-22-20(26)21(28-30(22)23)18-10-8-16(4)9-11-18/h8-11,15H,6-7,12-14H2,1-5H3,(H,31,32). The first-order valence-electron chi connectivity index (χ1n) is 11.3. The van der Waals surface area contributed by atoms with Gasteiger partial charge in [0, 0.05) is 29.9 Å². The predicted octanol–water partition coefficient (Wildman–Crippen LogP) is 5.36. The van der Waals surface area contributed by atoms with Gasteiger partial charge in [-0.05, 0) is 39.0 Å². The van der Waals surface area contributed by atoms with E-state index >= 15 is 4.39 Å². The van der Waals surface area contributed by atoms with Gasteiger partial charge in [0.2, 0.25) is 0 Å². The Labute approximate surface area is 188 Å². The lowest BCUT2D eigenvalue weighted by Gasteiger charge is -2.41. The van der Waals surface area contributed by atoms with Crippen molar-refractivity contribution in [3.05, 3.63) is 46.9 Å². The van der Waals surface area contributed by atoms with Crippen LogP contribution in [0.15, 0.2) is 24.3 Å². The molecule has 1 atom stereocenters. The zero-order valence-corrected chi connectivity index (χ0v) is 19.4. The van der Waals surface area contributed by atoms with Crippen LogP contribution < -0.4 is 4.90 Å². The zero-order valence-electron chi connectivity index (χ0n) is 19.4. The number of benzene rings is 1. The van der Waals surface area contributed by atoms with Gasteiger partial charge in [-0.15, -0.1) is 0 Å². The molecule has 0 radical (unpaired) electrons. The highest BCUT2D eigenvalue weighted by atomic mass is 19.1. The molecule has 7 heteroatoms. The number of carboxylic acids is 1. The van der Waals surface area contributed by atoms with E-state index in [2.05, 4.69) is 28.8 Å². The smallest absolute Gasteiger partial charge is 0.311 e. The molecule has 1 N–H and O–H groups in total. The molecule has 1 fully saturated rings. The lowest BCUT2D eigenvalue weighted by molar-refractivity contribution is -0.149. The summed E-state index contributed by atoms with van der Waals surface area (Å²) in [4.78, 5) is 18.9. The van der Waals surface area contributed by atoms with Gasteiger partial charge in [0.15, 0.2) is 11.5 Å². The molecular weight excluding hydrogens is 407 g/mol. The molecule has 0 aliphatic carbocycles. The topological polar surface area (TPSA) is 70.7 Å². The third-order valence-electron chi connectivity index (χ3n) is 6.82. The number of aryl methyl sites for hydroxylation is 2. The van der Waals surface area contributed by atoms with Crippen molar-refractivity contribution in [3.8, 4) is 11.3 Å². The van der Waals surface area contributed by atoms with Gasteiger partial charge in [-0.1, -0.05) is 50.6 Å². The quantitative estimate of drug-likeness (QED) is 0.581. The number of aromatic nitrogens is 3.